The summed E-state index contributed by atoms with van der Waals surface area (Å²) in [7, 11) is 0. The van der Waals surface area contributed by atoms with Gasteiger partial charge in [0.1, 0.15) is 5.39 Å². The lowest BCUT2D eigenvalue weighted by molar-refractivity contribution is -0.127. The molecule has 0 spiro atoms. The number of rotatable bonds is 5. The number of para-hydroxylation sites is 1. The van der Waals surface area contributed by atoms with Gasteiger partial charge in [-0.25, -0.2) is 14.7 Å². The molecular weight excluding hydrogens is 412 g/mol. The lowest BCUT2D eigenvalue weighted by Crippen LogP contribution is -2.25. The summed E-state index contributed by atoms with van der Waals surface area (Å²) in [6.45, 7) is 0.549. The summed E-state index contributed by atoms with van der Waals surface area (Å²) in [4.78, 5) is 32.4. The number of carbonyl (C=O) groups is 1. The molecule has 0 saturated heterocycles. The van der Waals surface area contributed by atoms with Gasteiger partial charge in [0, 0.05) is 6.42 Å². The molecule has 1 aliphatic rings. The van der Waals surface area contributed by atoms with Crippen molar-refractivity contribution in [2.24, 2.45) is 5.10 Å². The molecule has 0 radical (unpaired) electrons. The van der Waals surface area contributed by atoms with Crippen LogP contribution in [0.4, 0.5) is 0 Å². The third-order valence-electron chi connectivity index (χ3n) is 4.95. The molecule has 0 unspecified atom stereocenters. The molecule has 154 valence electrons. The normalized spacial score (nSPS) is 13.5. The maximum Gasteiger partial charge on any atom is 0.262 e. The zero-order chi connectivity index (χ0) is 21.2. The standard InChI is InChI=1S/C22H18N6O2S/c29-19(27-12-11-18(26-27)15-7-3-1-4-8-15)14-31-22-24-20-17(21(30)25-22)13-23-28(20)16-9-5-2-6-10-16/h1-10,13H,11-12,14H2,(H,24,25,30). The molecule has 9 heteroatoms. The molecular formula is C22H18N6O2S. The molecule has 8 nitrogen and oxygen atoms in total. The van der Waals surface area contributed by atoms with Crippen molar-refractivity contribution in [2.75, 3.05) is 12.3 Å². The molecule has 2 aromatic heterocycles. The zero-order valence-corrected chi connectivity index (χ0v) is 17.2. The van der Waals surface area contributed by atoms with Crippen molar-refractivity contribution in [2.45, 2.75) is 11.6 Å². The number of nitrogens with one attached hydrogen (secondary N) is 1. The van der Waals surface area contributed by atoms with Crippen molar-refractivity contribution >= 4 is 34.4 Å². The molecule has 4 aromatic rings. The average Bonchev–Trinajstić information content (AvgIpc) is 3.47. The third-order valence-corrected chi connectivity index (χ3v) is 5.80. The Hall–Kier alpha value is -3.72. The van der Waals surface area contributed by atoms with Gasteiger partial charge < -0.3 is 4.98 Å². The van der Waals surface area contributed by atoms with Crippen LogP contribution < -0.4 is 5.56 Å². The minimum absolute atomic E-state index is 0.124. The molecule has 0 aliphatic carbocycles. The highest BCUT2D eigenvalue weighted by molar-refractivity contribution is 7.99. The number of hydrogen-bond donors (Lipinski definition) is 1. The summed E-state index contributed by atoms with van der Waals surface area (Å²) in [6, 6.07) is 19.3. The maximum atomic E-state index is 12.6. The molecule has 3 heterocycles. The number of thioether (sulfide) groups is 1. The first-order chi connectivity index (χ1) is 15.2. The Morgan fingerprint density at radius 3 is 2.58 bits per heavy atom. The number of benzene rings is 2. The van der Waals surface area contributed by atoms with Gasteiger partial charge in [-0.2, -0.15) is 10.2 Å². The van der Waals surface area contributed by atoms with Crippen molar-refractivity contribution in [1.82, 2.24) is 24.8 Å². The van der Waals surface area contributed by atoms with Gasteiger partial charge in [0.05, 0.1) is 29.9 Å². The second kappa shape index (κ2) is 8.19. The smallest absolute Gasteiger partial charge is 0.262 e. The number of amides is 1. The minimum atomic E-state index is -0.285. The first kappa shape index (κ1) is 19.3. The predicted octanol–water partition coefficient (Wildman–Crippen LogP) is 2.84. The van der Waals surface area contributed by atoms with E-state index in [0.29, 0.717) is 22.7 Å². The summed E-state index contributed by atoms with van der Waals surface area (Å²) in [5.41, 5.74) is 2.90. The van der Waals surface area contributed by atoms with E-state index >= 15 is 0 Å². The molecule has 5 rings (SSSR count). The van der Waals surface area contributed by atoms with Crippen LogP contribution in [0.25, 0.3) is 16.7 Å². The van der Waals surface area contributed by atoms with Crippen molar-refractivity contribution in [3.05, 3.63) is 82.8 Å². The summed E-state index contributed by atoms with van der Waals surface area (Å²) in [5, 5.41) is 11.0. The third kappa shape index (κ3) is 3.87. The molecule has 1 N–H and O–H groups in total. The van der Waals surface area contributed by atoms with Crippen LogP contribution in [0, 0.1) is 0 Å². The first-order valence-electron chi connectivity index (χ1n) is 9.78. The van der Waals surface area contributed by atoms with Crippen molar-refractivity contribution in [3.63, 3.8) is 0 Å². The number of hydrogen-bond acceptors (Lipinski definition) is 6. The Balaban J connectivity index is 1.34. The highest BCUT2D eigenvalue weighted by Gasteiger charge is 2.22. The van der Waals surface area contributed by atoms with Crippen molar-refractivity contribution < 1.29 is 4.79 Å². The van der Waals surface area contributed by atoms with Crippen LogP contribution in [0.1, 0.15) is 12.0 Å². The van der Waals surface area contributed by atoms with E-state index in [2.05, 4.69) is 20.2 Å². The Labute approximate surface area is 181 Å². The Kier molecular flexibility index (Phi) is 5.09. The molecule has 0 saturated carbocycles. The number of aromatic nitrogens is 4. The molecule has 2 aromatic carbocycles. The summed E-state index contributed by atoms with van der Waals surface area (Å²) in [6.07, 6.45) is 2.22. The Bertz CT molecular complexity index is 1330. The fourth-order valence-electron chi connectivity index (χ4n) is 3.40. The van der Waals surface area contributed by atoms with Crippen LogP contribution in [0.3, 0.4) is 0 Å². The lowest BCUT2D eigenvalue weighted by atomic mass is 10.1. The van der Waals surface area contributed by atoms with Gasteiger partial charge in [0.15, 0.2) is 10.8 Å². The number of aromatic amines is 1. The van der Waals surface area contributed by atoms with E-state index in [0.717, 1.165) is 23.4 Å². The van der Waals surface area contributed by atoms with Gasteiger partial charge in [-0.3, -0.25) is 9.59 Å². The molecule has 0 fully saturated rings. The van der Waals surface area contributed by atoms with E-state index in [1.807, 2.05) is 60.7 Å². The second-order valence-electron chi connectivity index (χ2n) is 6.97. The van der Waals surface area contributed by atoms with Gasteiger partial charge in [0.2, 0.25) is 0 Å². The van der Waals surface area contributed by atoms with Gasteiger partial charge in [0.25, 0.3) is 11.5 Å². The van der Waals surface area contributed by atoms with Crippen LogP contribution in [-0.4, -0.2) is 48.7 Å². The number of H-pyrrole nitrogens is 1. The Morgan fingerprint density at radius 2 is 1.81 bits per heavy atom. The van der Waals surface area contributed by atoms with Gasteiger partial charge in [-0.15, -0.1) is 0 Å². The van der Waals surface area contributed by atoms with Crippen molar-refractivity contribution in [3.8, 4) is 5.69 Å². The number of fused-ring (bicyclic) bond motifs is 1. The first-order valence-corrected chi connectivity index (χ1v) is 10.8. The van der Waals surface area contributed by atoms with Crippen LogP contribution in [0.5, 0.6) is 0 Å². The van der Waals surface area contributed by atoms with E-state index < -0.39 is 0 Å². The maximum absolute atomic E-state index is 12.6. The zero-order valence-electron chi connectivity index (χ0n) is 16.4. The van der Waals surface area contributed by atoms with Crippen LogP contribution in [0.2, 0.25) is 0 Å². The summed E-state index contributed by atoms with van der Waals surface area (Å²) >= 11 is 1.18. The number of nitrogens with zero attached hydrogens (tertiary/aromatic N) is 5. The van der Waals surface area contributed by atoms with Crippen LogP contribution in [-0.2, 0) is 4.79 Å². The molecule has 0 atom stereocenters. The minimum Gasteiger partial charge on any atom is -0.301 e. The SMILES string of the molecule is O=C(CSc1nc2c(cnn2-c2ccccc2)c(=O)[nH]1)N1CCC(c2ccccc2)=N1. The largest absolute Gasteiger partial charge is 0.301 e. The van der Waals surface area contributed by atoms with Gasteiger partial charge in [-0.1, -0.05) is 60.3 Å². The molecule has 1 amide bonds. The predicted molar refractivity (Wildman–Crippen MR) is 120 cm³/mol. The van der Waals surface area contributed by atoms with E-state index in [-0.39, 0.29) is 17.2 Å². The fraction of sp³-hybridized carbons (Fsp3) is 0.136. The molecule has 0 bridgehead atoms. The van der Waals surface area contributed by atoms with E-state index in [9.17, 15) is 9.59 Å². The van der Waals surface area contributed by atoms with E-state index in [4.69, 9.17) is 0 Å². The van der Waals surface area contributed by atoms with Crippen molar-refractivity contribution in [1.29, 1.82) is 0 Å². The fourth-order valence-corrected chi connectivity index (χ4v) is 4.13. The monoisotopic (exact) mass is 430 g/mol. The van der Waals surface area contributed by atoms with E-state index in [1.54, 1.807) is 4.68 Å². The highest BCUT2D eigenvalue weighted by atomic mass is 32.2. The van der Waals surface area contributed by atoms with Crippen LogP contribution >= 0.6 is 11.8 Å². The van der Waals surface area contributed by atoms with Crippen LogP contribution in [0.15, 0.2) is 81.9 Å². The quantitative estimate of drug-likeness (QED) is 0.388. The molecule has 1 aliphatic heterocycles. The second-order valence-corrected chi connectivity index (χ2v) is 7.93. The number of hydrazone groups is 1. The summed E-state index contributed by atoms with van der Waals surface area (Å²) in [5.74, 6) is -0.00491. The topological polar surface area (TPSA) is 96.2 Å². The summed E-state index contributed by atoms with van der Waals surface area (Å²) < 4.78 is 1.62. The van der Waals surface area contributed by atoms with Gasteiger partial charge >= 0.3 is 0 Å². The average molecular weight is 430 g/mol. The lowest BCUT2D eigenvalue weighted by Gasteiger charge is -2.10. The highest BCUT2D eigenvalue weighted by Crippen LogP contribution is 2.20. The number of carbonyl (C=O) groups excluding carboxylic acids is 1. The Morgan fingerprint density at radius 1 is 1.06 bits per heavy atom. The van der Waals surface area contributed by atoms with E-state index in [1.165, 1.54) is 23.0 Å². The van der Waals surface area contributed by atoms with Gasteiger partial charge in [-0.05, 0) is 17.7 Å². The molecule has 31 heavy (non-hydrogen) atoms.